The standard InChI is InChI=1S/C16H14N2O2/c1-3-12-4-6-13(7-5-12)17-16(19)18-14-8-10-15(20-2)11-9-14/h1,4-11H,2H3,(H2,17,18,19). The van der Waals surface area contributed by atoms with E-state index in [2.05, 4.69) is 16.6 Å². The summed E-state index contributed by atoms with van der Waals surface area (Å²) in [4.78, 5) is 11.8. The highest BCUT2D eigenvalue weighted by atomic mass is 16.5. The van der Waals surface area contributed by atoms with Crippen molar-refractivity contribution in [2.45, 2.75) is 0 Å². The van der Waals surface area contributed by atoms with Gasteiger partial charge in [0.05, 0.1) is 7.11 Å². The Morgan fingerprint density at radius 2 is 1.50 bits per heavy atom. The van der Waals surface area contributed by atoms with Crippen LogP contribution in [0.2, 0.25) is 0 Å². The van der Waals surface area contributed by atoms with Gasteiger partial charge in [-0.25, -0.2) is 4.79 Å². The lowest BCUT2D eigenvalue weighted by molar-refractivity contribution is 0.262. The van der Waals surface area contributed by atoms with E-state index in [1.54, 1.807) is 55.6 Å². The van der Waals surface area contributed by atoms with Crippen molar-refractivity contribution in [1.82, 2.24) is 0 Å². The first-order valence-electron chi connectivity index (χ1n) is 6.00. The van der Waals surface area contributed by atoms with Gasteiger partial charge in [-0.3, -0.25) is 0 Å². The minimum atomic E-state index is -0.316. The number of carbonyl (C=O) groups excluding carboxylic acids is 1. The van der Waals surface area contributed by atoms with Gasteiger partial charge in [-0.05, 0) is 48.5 Å². The molecule has 0 radical (unpaired) electrons. The zero-order chi connectivity index (χ0) is 14.4. The Hall–Kier alpha value is -2.93. The summed E-state index contributed by atoms with van der Waals surface area (Å²) < 4.78 is 5.05. The Bertz CT molecular complexity index is 625. The Labute approximate surface area is 117 Å². The summed E-state index contributed by atoms with van der Waals surface area (Å²) in [5, 5.41) is 5.44. The molecule has 0 aromatic heterocycles. The van der Waals surface area contributed by atoms with Gasteiger partial charge >= 0.3 is 6.03 Å². The van der Waals surface area contributed by atoms with E-state index in [1.807, 2.05) is 0 Å². The molecule has 0 saturated heterocycles. The smallest absolute Gasteiger partial charge is 0.323 e. The maximum absolute atomic E-state index is 11.8. The second kappa shape index (κ2) is 6.30. The highest BCUT2D eigenvalue weighted by Crippen LogP contribution is 2.15. The van der Waals surface area contributed by atoms with Gasteiger partial charge in [0.15, 0.2) is 0 Å². The van der Waals surface area contributed by atoms with Crippen LogP contribution in [0.25, 0.3) is 0 Å². The van der Waals surface area contributed by atoms with Gasteiger partial charge in [-0.15, -0.1) is 6.42 Å². The number of carbonyl (C=O) groups is 1. The van der Waals surface area contributed by atoms with Crippen molar-refractivity contribution in [3.05, 3.63) is 54.1 Å². The third-order valence-corrected chi connectivity index (χ3v) is 2.66. The lowest BCUT2D eigenvalue weighted by Gasteiger charge is -2.08. The molecule has 4 heteroatoms. The van der Waals surface area contributed by atoms with Crippen molar-refractivity contribution in [1.29, 1.82) is 0 Å². The second-order valence-electron chi connectivity index (χ2n) is 4.03. The molecule has 20 heavy (non-hydrogen) atoms. The number of nitrogens with one attached hydrogen (secondary N) is 2. The third kappa shape index (κ3) is 3.53. The molecule has 0 unspecified atom stereocenters. The van der Waals surface area contributed by atoms with Crippen LogP contribution in [0.1, 0.15) is 5.56 Å². The zero-order valence-electron chi connectivity index (χ0n) is 11.0. The average Bonchev–Trinajstić information content (AvgIpc) is 2.49. The minimum Gasteiger partial charge on any atom is -0.497 e. The molecule has 0 aliphatic carbocycles. The number of hydrogen-bond donors (Lipinski definition) is 2. The largest absolute Gasteiger partial charge is 0.497 e. The molecule has 2 amide bonds. The summed E-state index contributed by atoms with van der Waals surface area (Å²) >= 11 is 0. The zero-order valence-corrected chi connectivity index (χ0v) is 11.0. The van der Waals surface area contributed by atoms with E-state index in [9.17, 15) is 4.79 Å². The van der Waals surface area contributed by atoms with Gasteiger partial charge in [-0.2, -0.15) is 0 Å². The maximum Gasteiger partial charge on any atom is 0.323 e. The van der Waals surface area contributed by atoms with Crippen LogP contribution in [0.5, 0.6) is 5.75 Å². The SMILES string of the molecule is C#Cc1ccc(NC(=O)Nc2ccc(OC)cc2)cc1. The highest BCUT2D eigenvalue weighted by molar-refractivity contribution is 5.99. The molecule has 4 nitrogen and oxygen atoms in total. The van der Waals surface area contributed by atoms with Crippen molar-refractivity contribution in [3.63, 3.8) is 0 Å². The molecule has 2 aromatic carbocycles. The quantitative estimate of drug-likeness (QED) is 0.837. The van der Waals surface area contributed by atoms with E-state index >= 15 is 0 Å². The van der Waals surface area contributed by atoms with Gasteiger partial charge in [0, 0.05) is 16.9 Å². The van der Waals surface area contributed by atoms with E-state index in [-0.39, 0.29) is 6.03 Å². The lowest BCUT2D eigenvalue weighted by atomic mass is 10.2. The number of hydrogen-bond acceptors (Lipinski definition) is 2. The molecular formula is C16H14N2O2. The summed E-state index contributed by atoms with van der Waals surface area (Å²) in [6, 6.07) is 13.8. The van der Waals surface area contributed by atoms with E-state index in [0.717, 1.165) is 11.3 Å². The van der Waals surface area contributed by atoms with Gasteiger partial charge < -0.3 is 15.4 Å². The molecule has 2 aromatic rings. The number of terminal acetylenes is 1. The predicted octanol–water partition coefficient (Wildman–Crippen LogP) is 3.32. The molecule has 0 spiro atoms. The number of methoxy groups -OCH3 is 1. The minimum absolute atomic E-state index is 0.316. The first-order chi connectivity index (χ1) is 9.71. The van der Waals surface area contributed by atoms with Crippen molar-refractivity contribution in [3.8, 4) is 18.1 Å². The summed E-state index contributed by atoms with van der Waals surface area (Å²) in [6.45, 7) is 0. The summed E-state index contributed by atoms with van der Waals surface area (Å²) in [5.74, 6) is 3.25. The highest BCUT2D eigenvalue weighted by Gasteiger charge is 2.02. The van der Waals surface area contributed by atoms with Crippen molar-refractivity contribution in [2.75, 3.05) is 17.7 Å². The summed E-state index contributed by atoms with van der Waals surface area (Å²) in [5.41, 5.74) is 2.13. The third-order valence-electron chi connectivity index (χ3n) is 2.66. The molecule has 2 N–H and O–H groups in total. The monoisotopic (exact) mass is 266 g/mol. The maximum atomic E-state index is 11.8. The molecule has 100 valence electrons. The fourth-order valence-electron chi connectivity index (χ4n) is 1.62. The number of benzene rings is 2. The molecule has 0 atom stereocenters. The fraction of sp³-hybridized carbons (Fsp3) is 0.0625. The molecule has 0 bridgehead atoms. The van der Waals surface area contributed by atoms with E-state index < -0.39 is 0 Å². The van der Waals surface area contributed by atoms with E-state index in [0.29, 0.717) is 11.4 Å². The molecular weight excluding hydrogens is 252 g/mol. The Morgan fingerprint density at radius 1 is 1.00 bits per heavy atom. The van der Waals surface area contributed by atoms with Crippen LogP contribution >= 0.6 is 0 Å². The molecule has 2 rings (SSSR count). The Morgan fingerprint density at radius 3 is 1.95 bits per heavy atom. The normalized spacial score (nSPS) is 9.40. The molecule has 0 saturated carbocycles. The van der Waals surface area contributed by atoms with Crippen LogP contribution < -0.4 is 15.4 Å². The second-order valence-corrected chi connectivity index (χ2v) is 4.03. The fourth-order valence-corrected chi connectivity index (χ4v) is 1.62. The number of ether oxygens (including phenoxy) is 1. The van der Waals surface area contributed by atoms with Crippen LogP contribution in [-0.4, -0.2) is 13.1 Å². The Kier molecular flexibility index (Phi) is 4.25. The summed E-state index contributed by atoms with van der Waals surface area (Å²) in [7, 11) is 1.59. The first-order valence-corrected chi connectivity index (χ1v) is 6.00. The Balaban J connectivity index is 1.95. The van der Waals surface area contributed by atoms with Gasteiger partial charge in [0.1, 0.15) is 5.75 Å². The van der Waals surface area contributed by atoms with Crippen LogP contribution in [0.15, 0.2) is 48.5 Å². The number of amides is 2. The van der Waals surface area contributed by atoms with Crippen molar-refractivity contribution < 1.29 is 9.53 Å². The van der Waals surface area contributed by atoms with Crippen molar-refractivity contribution in [2.24, 2.45) is 0 Å². The van der Waals surface area contributed by atoms with Crippen LogP contribution in [0.3, 0.4) is 0 Å². The van der Waals surface area contributed by atoms with E-state index in [4.69, 9.17) is 11.2 Å². The number of rotatable bonds is 3. The van der Waals surface area contributed by atoms with Crippen LogP contribution in [0.4, 0.5) is 16.2 Å². The summed E-state index contributed by atoms with van der Waals surface area (Å²) in [6.07, 6.45) is 5.27. The van der Waals surface area contributed by atoms with E-state index in [1.165, 1.54) is 0 Å². The van der Waals surface area contributed by atoms with Gasteiger partial charge in [0.2, 0.25) is 0 Å². The lowest BCUT2D eigenvalue weighted by Crippen LogP contribution is -2.19. The van der Waals surface area contributed by atoms with Crippen LogP contribution in [0, 0.1) is 12.3 Å². The topological polar surface area (TPSA) is 50.4 Å². The molecule has 0 fully saturated rings. The average molecular weight is 266 g/mol. The predicted molar refractivity (Wildman–Crippen MR) is 80.0 cm³/mol. The number of anilines is 2. The first kappa shape index (κ1) is 13.5. The number of urea groups is 1. The van der Waals surface area contributed by atoms with Gasteiger partial charge in [0.25, 0.3) is 0 Å². The van der Waals surface area contributed by atoms with Crippen molar-refractivity contribution >= 4 is 17.4 Å². The van der Waals surface area contributed by atoms with Crippen LogP contribution in [-0.2, 0) is 0 Å². The van der Waals surface area contributed by atoms with Gasteiger partial charge in [-0.1, -0.05) is 5.92 Å². The molecule has 0 aliphatic heterocycles. The molecule has 0 aliphatic rings. The molecule has 0 heterocycles.